The summed E-state index contributed by atoms with van der Waals surface area (Å²) in [7, 11) is 0. The Kier molecular flexibility index (Phi) is 6.62. The summed E-state index contributed by atoms with van der Waals surface area (Å²) < 4.78 is 42.3. The third kappa shape index (κ3) is 7.34. The number of hydrogen-bond acceptors (Lipinski definition) is 3. The number of ether oxygens (including phenoxy) is 1. The molecule has 0 spiro atoms. The molecule has 0 bridgehead atoms. The van der Waals surface area contributed by atoms with Crippen molar-refractivity contribution in [3.63, 3.8) is 0 Å². The van der Waals surface area contributed by atoms with Gasteiger partial charge >= 0.3 is 12.3 Å². The normalized spacial score (nSPS) is 11.8. The number of halogens is 3. The monoisotopic (exact) mass is 346 g/mol. The maximum absolute atomic E-state index is 12.4. The predicted molar refractivity (Wildman–Crippen MR) is 82.6 cm³/mol. The van der Waals surface area contributed by atoms with E-state index in [1.807, 2.05) is 0 Å². The maximum Gasteiger partial charge on any atom is 0.416 e. The number of alkyl halides is 3. The van der Waals surface area contributed by atoms with Crippen LogP contribution in [0.3, 0.4) is 0 Å². The molecule has 134 valence electrons. The summed E-state index contributed by atoms with van der Waals surface area (Å²) in [6, 6.07) is 3.96. The highest BCUT2D eigenvalue weighted by Crippen LogP contribution is 2.29. The van der Waals surface area contributed by atoms with Crippen molar-refractivity contribution in [2.45, 2.75) is 39.0 Å². The van der Waals surface area contributed by atoms with Crippen molar-refractivity contribution < 1.29 is 27.5 Å². The fraction of sp³-hybridized carbons (Fsp3) is 0.500. The molecule has 0 aliphatic rings. The van der Waals surface area contributed by atoms with Crippen LogP contribution in [-0.4, -0.2) is 30.7 Å². The molecule has 1 rings (SSSR count). The number of alkyl carbamates (subject to hydrolysis) is 1. The smallest absolute Gasteiger partial charge is 0.416 e. The number of amides is 2. The van der Waals surface area contributed by atoms with Crippen LogP contribution in [0.4, 0.5) is 18.0 Å². The Labute approximate surface area is 138 Å². The van der Waals surface area contributed by atoms with Gasteiger partial charge in [0.15, 0.2) is 0 Å². The summed E-state index contributed by atoms with van der Waals surface area (Å²) in [5, 5.41) is 5.11. The number of carbonyl (C=O) groups excluding carboxylic acids is 2. The van der Waals surface area contributed by atoms with Gasteiger partial charge in [-0.1, -0.05) is 0 Å². The molecule has 1 aromatic rings. The minimum Gasteiger partial charge on any atom is -0.444 e. The van der Waals surface area contributed by atoms with Crippen LogP contribution in [-0.2, 0) is 10.9 Å². The van der Waals surface area contributed by atoms with Crippen LogP contribution in [0.25, 0.3) is 0 Å². The SMILES string of the molecule is CC(C)(C)OC(=O)NCCCNC(=O)c1ccc(C(F)(F)F)cc1. The van der Waals surface area contributed by atoms with Crippen LogP contribution in [0.2, 0.25) is 0 Å². The summed E-state index contributed by atoms with van der Waals surface area (Å²) in [6.45, 7) is 5.82. The topological polar surface area (TPSA) is 67.4 Å². The van der Waals surface area contributed by atoms with E-state index in [0.717, 1.165) is 24.3 Å². The van der Waals surface area contributed by atoms with Gasteiger partial charge in [-0.3, -0.25) is 4.79 Å². The molecule has 0 aromatic heterocycles. The fourth-order valence-corrected chi connectivity index (χ4v) is 1.71. The van der Waals surface area contributed by atoms with E-state index < -0.39 is 29.3 Å². The molecule has 2 amide bonds. The van der Waals surface area contributed by atoms with Gasteiger partial charge in [-0.2, -0.15) is 13.2 Å². The van der Waals surface area contributed by atoms with Crippen molar-refractivity contribution in [2.24, 2.45) is 0 Å². The molecule has 24 heavy (non-hydrogen) atoms. The van der Waals surface area contributed by atoms with Crippen molar-refractivity contribution in [3.8, 4) is 0 Å². The van der Waals surface area contributed by atoms with Crippen molar-refractivity contribution in [2.75, 3.05) is 13.1 Å². The highest BCUT2D eigenvalue weighted by Gasteiger charge is 2.30. The second-order valence-corrected chi connectivity index (χ2v) is 6.11. The van der Waals surface area contributed by atoms with Crippen LogP contribution in [0, 0.1) is 0 Å². The fourth-order valence-electron chi connectivity index (χ4n) is 1.71. The van der Waals surface area contributed by atoms with E-state index in [2.05, 4.69) is 10.6 Å². The second-order valence-electron chi connectivity index (χ2n) is 6.11. The van der Waals surface area contributed by atoms with Gasteiger partial charge in [0, 0.05) is 18.7 Å². The van der Waals surface area contributed by atoms with E-state index in [4.69, 9.17) is 4.74 Å². The Bertz CT molecular complexity index is 563. The molecular formula is C16H21F3N2O3. The Balaban J connectivity index is 2.31. The molecule has 1 aromatic carbocycles. The van der Waals surface area contributed by atoms with E-state index in [0.29, 0.717) is 13.0 Å². The first-order chi connectivity index (χ1) is 11.0. The zero-order valence-electron chi connectivity index (χ0n) is 13.8. The minimum absolute atomic E-state index is 0.142. The Hall–Kier alpha value is -2.25. The van der Waals surface area contributed by atoms with Crippen molar-refractivity contribution in [3.05, 3.63) is 35.4 Å². The van der Waals surface area contributed by atoms with Crippen molar-refractivity contribution in [1.29, 1.82) is 0 Å². The number of carbonyl (C=O) groups is 2. The Morgan fingerprint density at radius 1 is 1.00 bits per heavy atom. The highest BCUT2D eigenvalue weighted by molar-refractivity contribution is 5.94. The Morgan fingerprint density at radius 2 is 1.54 bits per heavy atom. The molecule has 0 heterocycles. The van der Waals surface area contributed by atoms with Gasteiger partial charge in [0.05, 0.1) is 5.56 Å². The largest absolute Gasteiger partial charge is 0.444 e. The summed E-state index contributed by atoms with van der Waals surface area (Å²) >= 11 is 0. The lowest BCUT2D eigenvalue weighted by atomic mass is 10.1. The standard InChI is InChI=1S/C16H21F3N2O3/c1-15(2,3)24-14(23)21-10-4-9-20-13(22)11-5-7-12(8-6-11)16(17,18)19/h5-8H,4,9-10H2,1-3H3,(H,20,22)(H,21,23). The zero-order valence-corrected chi connectivity index (χ0v) is 13.8. The van der Waals surface area contributed by atoms with Crippen LogP contribution in [0.15, 0.2) is 24.3 Å². The lowest BCUT2D eigenvalue weighted by Gasteiger charge is -2.19. The van der Waals surface area contributed by atoms with Gasteiger partial charge in [-0.05, 0) is 51.5 Å². The Morgan fingerprint density at radius 3 is 2.04 bits per heavy atom. The molecule has 0 saturated carbocycles. The lowest BCUT2D eigenvalue weighted by Crippen LogP contribution is -2.34. The van der Waals surface area contributed by atoms with Gasteiger partial charge in [-0.25, -0.2) is 4.79 Å². The van der Waals surface area contributed by atoms with E-state index in [-0.39, 0.29) is 12.1 Å². The summed E-state index contributed by atoms with van der Waals surface area (Å²) in [4.78, 5) is 23.2. The molecule has 2 N–H and O–H groups in total. The highest BCUT2D eigenvalue weighted by atomic mass is 19.4. The number of rotatable bonds is 5. The third-order valence-corrected chi connectivity index (χ3v) is 2.78. The van der Waals surface area contributed by atoms with Gasteiger partial charge in [-0.15, -0.1) is 0 Å². The second kappa shape index (κ2) is 8.03. The average molecular weight is 346 g/mol. The molecular weight excluding hydrogens is 325 g/mol. The summed E-state index contributed by atoms with van der Waals surface area (Å²) in [5.74, 6) is -0.471. The molecule has 0 saturated heterocycles. The third-order valence-electron chi connectivity index (χ3n) is 2.78. The maximum atomic E-state index is 12.4. The molecule has 0 aliphatic carbocycles. The van der Waals surface area contributed by atoms with Gasteiger partial charge < -0.3 is 15.4 Å². The van der Waals surface area contributed by atoms with E-state index >= 15 is 0 Å². The quantitative estimate of drug-likeness (QED) is 0.804. The van der Waals surface area contributed by atoms with Gasteiger partial charge in [0.1, 0.15) is 5.60 Å². The van der Waals surface area contributed by atoms with E-state index in [9.17, 15) is 22.8 Å². The molecule has 0 radical (unpaired) electrons. The summed E-state index contributed by atoms with van der Waals surface area (Å²) in [5.41, 5.74) is -1.25. The van der Waals surface area contributed by atoms with Crippen molar-refractivity contribution in [1.82, 2.24) is 10.6 Å². The van der Waals surface area contributed by atoms with Gasteiger partial charge in [0.2, 0.25) is 0 Å². The molecule has 0 fully saturated rings. The van der Waals surface area contributed by atoms with Crippen molar-refractivity contribution >= 4 is 12.0 Å². The first-order valence-electron chi connectivity index (χ1n) is 7.41. The number of benzene rings is 1. The minimum atomic E-state index is -4.43. The number of hydrogen-bond donors (Lipinski definition) is 2. The van der Waals surface area contributed by atoms with E-state index in [1.54, 1.807) is 20.8 Å². The number of nitrogens with one attached hydrogen (secondary N) is 2. The molecule has 8 heteroatoms. The summed E-state index contributed by atoms with van der Waals surface area (Å²) in [6.07, 6.45) is -4.51. The predicted octanol–water partition coefficient (Wildman–Crippen LogP) is 3.35. The zero-order chi connectivity index (χ0) is 18.4. The molecule has 0 unspecified atom stereocenters. The van der Waals surface area contributed by atoms with Crippen LogP contribution in [0.1, 0.15) is 43.1 Å². The van der Waals surface area contributed by atoms with Crippen LogP contribution >= 0.6 is 0 Å². The molecule has 5 nitrogen and oxygen atoms in total. The van der Waals surface area contributed by atoms with E-state index in [1.165, 1.54) is 0 Å². The lowest BCUT2D eigenvalue weighted by molar-refractivity contribution is -0.137. The van der Waals surface area contributed by atoms with Crippen LogP contribution < -0.4 is 10.6 Å². The van der Waals surface area contributed by atoms with Gasteiger partial charge in [0.25, 0.3) is 5.91 Å². The van der Waals surface area contributed by atoms with Crippen LogP contribution in [0.5, 0.6) is 0 Å². The molecule has 0 atom stereocenters. The molecule has 0 aliphatic heterocycles. The first-order valence-corrected chi connectivity index (χ1v) is 7.41. The average Bonchev–Trinajstić information content (AvgIpc) is 2.44. The first kappa shape index (κ1) is 19.8.